The lowest BCUT2D eigenvalue weighted by atomic mass is 10.0. The van der Waals surface area contributed by atoms with Crippen molar-refractivity contribution in [1.29, 1.82) is 0 Å². The Morgan fingerprint density at radius 3 is 2.73 bits per heavy atom. The van der Waals surface area contributed by atoms with E-state index in [1.807, 2.05) is 24.3 Å². The minimum Gasteiger partial charge on any atom is -0.383 e. The van der Waals surface area contributed by atoms with E-state index >= 15 is 0 Å². The highest BCUT2D eigenvalue weighted by Gasteiger charge is 2.23. The molecular formula is C21H24N4O. The number of rotatable bonds is 4. The molecule has 1 atom stereocenters. The highest BCUT2D eigenvalue weighted by molar-refractivity contribution is 5.87. The Bertz CT molecular complexity index is 894. The number of hydrogen-bond acceptors (Lipinski definition) is 5. The summed E-state index contributed by atoms with van der Waals surface area (Å²) in [4.78, 5) is 11.5. The SMILES string of the molecule is CCc1ccc(C2CN(Cc3nc(N)c4ccccc4n3)CCO2)cc1. The number of nitrogen functional groups attached to an aromatic ring is 1. The molecular weight excluding hydrogens is 324 g/mol. The molecule has 1 aliphatic rings. The molecule has 2 N–H and O–H groups in total. The fraction of sp³-hybridized carbons (Fsp3) is 0.333. The molecule has 0 spiro atoms. The van der Waals surface area contributed by atoms with Gasteiger partial charge in [-0.15, -0.1) is 0 Å². The second kappa shape index (κ2) is 7.40. The predicted molar refractivity (Wildman–Crippen MR) is 104 cm³/mol. The van der Waals surface area contributed by atoms with Gasteiger partial charge in [0.15, 0.2) is 0 Å². The van der Waals surface area contributed by atoms with Crippen LogP contribution < -0.4 is 5.73 Å². The lowest BCUT2D eigenvalue weighted by molar-refractivity contribution is -0.0336. The van der Waals surface area contributed by atoms with E-state index in [-0.39, 0.29) is 6.10 Å². The van der Waals surface area contributed by atoms with E-state index in [0.717, 1.165) is 36.2 Å². The maximum Gasteiger partial charge on any atom is 0.145 e. The zero-order valence-electron chi connectivity index (χ0n) is 15.1. The summed E-state index contributed by atoms with van der Waals surface area (Å²) in [6.07, 6.45) is 1.14. The van der Waals surface area contributed by atoms with E-state index in [2.05, 4.69) is 46.1 Å². The van der Waals surface area contributed by atoms with E-state index in [9.17, 15) is 0 Å². The monoisotopic (exact) mass is 348 g/mol. The van der Waals surface area contributed by atoms with Crippen LogP contribution in [0.4, 0.5) is 5.82 Å². The average molecular weight is 348 g/mol. The molecule has 1 aromatic heterocycles. The van der Waals surface area contributed by atoms with Gasteiger partial charge in [-0.3, -0.25) is 4.90 Å². The summed E-state index contributed by atoms with van der Waals surface area (Å²) in [7, 11) is 0. The first-order valence-electron chi connectivity index (χ1n) is 9.17. The van der Waals surface area contributed by atoms with Crippen LogP contribution in [0.25, 0.3) is 10.9 Å². The number of benzene rings is 2. The van der Waals surface area contributed by atoms with Crippen LogP contribution in [0.1, 0.15) is 30.0 Å². The summed E-state index contributed by atoms with van der Waals surface area (Å²) < 4.78 is 5.99. The number of hydrogen-bond donors (Lipinski definition) is 1. The van der Waals surface area contributed by atoms with Crippen molar-refractivity contribution in [1.82, 2.24) is 14.9 Å². The molecule has 1 aliphatic heterocycles. The summed E-state index contributed by atoms with van der Waals surface area (Å²) in [5, 5.41) is 0.909. The quantitative estimate of drug-likeness (QED) is 0.783. The van der Waals surface area contributed by atoms with Gasteiger partial charge in [0.2, 0.25) is 0 Å². The van der Waals surface area contributed by atoms with Gasteiger partial charge in [-0.25, -0.2) is 9.97 Å². The van der Waals surface area contributed by atoms with Crippen molar-refractivity contribution in [2.75, 3.05) is 25.4 Å². The molecule has 5 heteroatoms. The van der Waals surface area contributed by atoms with Gasteiger partial charge in [-0.05, 0) is 29.7 Å². The van der Waals surface area contributed by atoms with Crippen molar-refractivity contribution in [3.05, 3.63) is 65.5 Å². The highest BCUT2D eigenvalue weighted by Crippen LogP contribution is 2.24. The smallest absolute Gasteiger partial charge is 0.145 e. The summed E-state index contributed by atoms with van der Waals surface area (Å²) in [5.74, 6) is 1.31. The van der Waals surface area contributed by atoms with E-state index in [1.165, 1.54) is 11.1 Å². The zero-order valence-corrected chi connectivity index (χ0v) is 15.1. The molecule has 3 aromatic rings. The number of nitrogens with zero attached hydrogens (tertiary/aromatic N) is 3. The molecule has 0 radical (unpaired) electrons. The van der Waals surface area contributed by atoms with E-state index < -0.39 is 0 Å². The topological polar surface area (TPSA) is 64.3 Å². The lowest BCUT2D eigenvalue weighted by Crippen LogP contribution is -2.38. The van der Waals surface area contributed by atoms with Gasteiger partial charge < -0.3 is 10.5 Å². The molecule has 1 saturated heterocycles. The van der Waals surface area contributed by atoms with E-state index in [1.54, 1.807) is 0 Å². The lowest BCUT2D eigenvalue weighted by Gasteiger charge is -2.32. The van der Waals surface area contributed by atoms with E-state index in [4.69, 9.17) is 10.5 Å². The summed E-state index contributed by atoms with van der Waals surface area (Å²) in [5.41, 5.74) is 9.59. The molecule has 5 nitrogen and oxygen atoms in total. The standard InChI is InChI=1S/C21H24N4O/c1-2-15-7-9-16(10-8-15)19-13-25(11-12-26-19)14-20-23-18-6-4-3-5-17(18)21(22)24-20/h3-10,19H,2,11-14H2,1H3,(H2,22,23,24). The molecule has 134 valence electrons. The van der Waals surface area contributed by atoms with Crippen molar-refractivity contribution in [2.45, 2.75) is 26.0 Å². The van der Waals surface area contributed by atoms with E-state index in [0.29, 0.717) is 19.0 Å². The maximum absolute atomic E-state index is 6.11. The molecule has 2 aromatic carbocycles. The van der Waals surface area contributed by atoms with Gasteiger partial charge in [0, 0.05) is 18.5 Å². The largest absolute Gasteiger partial charge is 0.383 e. The number of fused-ring (bicyclic) bond motifs is 1. The Morgan fingerprint density at radius 2 is 1.92 bits per heavy atom. The molecule has 1 unspecified atom stereocenters. The molecule has 4 rings (SSSR count). The van der Waals surface area contributed by atoms with Gasteiger partial charge in [-0.2, -0.15) is 0 Å². The number of ether oxygens (including phenoxy) is 1. The number of para-hydroxylation sites is 1. The number of anilines is 1. The molecule has 0 bridgehead atoms. The van der Waals surface area contributed by atoms with Gasteiger partial charge in [0.25, 0.3) is 0 Å². The Kier molecular flexibility index (Phi) is 4.82. The molecule has 0 aliphatic carbocycles. The van der Waals surface area contributed by atoms with Crippen LogP contribution in [-0.4, -0.2) is 34.6 Å². The summed E-state index contributed by atoms with van der Waals surface area (Å²) in [6.45, 7) is 5.27. The van der Waals surface area contributed by atoms with Gasteiger partial charge in [0.1, 0.15) is 11.6 Å². The fourth-order valence-corrected chi connectivity index (χ4v) is 3.44. The Labute approximate surface area is 153 Å². The fourth-order valence-electron chi connectivity index (χ4n) is 3.44. The van der Waals surface area contributed by atoms with Gasteiger partial charge in [0.05, 0.1) is 24.8 Å². The third kappa shape index (κ3) is 3.54. The first-order chi connectivity index (χ1) is 12.7. The Morgan fingerprint density at radius 1 is 1.12 bits per heavy atom. The molecule has 26 heavy (non-hydrogen) atoms. The normalized spacial score (nSPS) is 18.3. The highest BCUT2D eigenvalue weighted by atomic mass is 16.5. The van der Waals surface area contributed by atoms with Gasteiger partial charge in [-0.1, -0.05) is 43.3 Å². The Hall–Kier alpha value is -2.50. The van der Waals surface area contributed by atoms with Crippen LogP contribution >= 0.6 is 0 Å². The van der Waals surface area contributed by atoms with Crippen molar-refractivity contribution >= 4 is 16.7 Å². The molecule has 0 amide bonds. The predicted octanol–water partition coefficient (Wildman–Crippen LogP) is 3.35. The zero-order chi connectivity index (χ0) is 17.9. The Balaban J connectivity index is 1.49. The van der Waals surface area contributed by atoms with Crippen molar-refractivity contribution in [2.24, 2.45) is 0 Å². The number of morpholine rings is 1. The third-order valence-electron chi connectivity index (χ3n) is 4.95. The van der Waals surface area contributed by atoms with Crippen LogP contribution in [0, 0.1) is 0 Å². The summed E-state index contributed by atoms with van der Waals surface area (Å²) >= 11 is 0. The van der Waals surface area contributed by atoms with Crippen molar-refractivity contribution in [3.8, 4) is 0 Å². The first kappa shape index (κ1) is 16.9. The third-order valence-corrected chi connectivity index (χ3v) is 4.95. The van der Waals surface area contributed by atoms with Gasteiger partial charge >= 0.3 is 0 Å². The molecule has 1 fully saturated rings. The minimum atomic E-state index is 0.0902. The maximum atomic E-state index is 6.11. The first-order valence-corrected chi connectivity index (χ1v) is 9.17. The van der Waals surface area contributed by atoms with Crippen LogP contribution in [0.15, 0.2) is 48.5 Å². The molecule has 0 saturated carbocycles. The van der Waals surface area contributed by atoms with Crippen molar-refractivity contribution in [3.63, 3.8) is 0 Å². The number of aryl methyl sites for hydroxylation is 1. The summed E-state index contributed by atoms with van der Waals surface area (Å²) in [6, 6.07) is 16.6. The molecule has 2 heterocycles. The second-order valence-corrected chi connectivity index (χ2v) is 6.73. The van der Waals surface area contributed by atoms with Crippen molar-refractivity contribution < 1.29 is 4.74 Å². The van der Waals surface area contributed by atoms with Crippen LogP contribution in [0.3, 0.4) is 0 Å². The van der Waals surface area contributed by atoms with Crippen LogP contribution in [0.2, 0.25) is 0 Å². The second-order valence-electron chi connectivity index (χ2n) is 6.73. The average Bonchev–Trinajstić information content (AvgIpc) is 2.68. The minimum absolute atomic E-state index is 0.0902. The van der Waals surface area contributed by atoms with Crippen LogP contribution in [0.5, 0.6) is 0 Å². The number of nitrogens with two attached hydrogens (primary N) is 1. The number of aromatic nitrogens is 2. The van der Waals surface area contributed by atoms with Crippen LogP contribution in [-0.2, 0) is 17.7 Å².